The largest absolute Gasteiger partial charge is 0.192 e. The van der Waals surface area contributed by atoms with Crippen LogP contribution < -0.4 is 0 Å². The van der Waals surface area contributed by atoms with Crippen LogP contribution in [0, 0.1) is 18.3 Å². The van der Waals surface area contributed by atoms with Gasteiger partial charge in [0.05, 0.1) is 11.6 Å². The molecule has 0 atom stereocenters. The number of benzene rings is 2. The molecule has 0 spiro atoms. The van der Waals surface area contributed by atoms with Gasteiger partial charge in [-0.2, -0.15) is 5.26 Å². The Morgan fingerprint density at radius 1 is 1.12 bits per heavy atom. The van der Waals surface area contributed by atoms with Gasteiger partial charge in [-0.25, -0.2) is 0 Å². The van der Waals surface area contributed by atoms with Gasteiger partial charge in [-0.3, -0.25) is 0 Å². The first-order valence-corrected chi connectivity index (χ1v) is 5.35. The van der Waals surface area contributed by atoms with E-state index in [1.165, 1.54) is 0 Å². The minimum atomic E-state index is 0.662. The molecule has 0 saturated heterocycles. The molecular formula is C14H10ClN. The lowest BCUT2D eigenvalue weighted by atomic mass is 10.0. The van der Waals surface area contributed by atoms with Gasteiger partial charge in [-0.15, -0.1) is 0 Å². The average molecular weight is 228 g/mol. The van der Waals surface area contributed by atoms with Crippen molar-refractivity contribution in [3.63, 3.8) is 0 Å². The van der Waals surface area contributed by atoms with Crippen LogP contribution in [0.5, 0.6) is 0 Å². The highest BCUT2D eigenvalue weighted by Crippen LogP contribution is 2.28. The topological polar surface area (TPSA) is 23.8 Å². The molecule has 16 heavy (non-hydrogen) atoms. The Bertz CT molecular complexity index is 567. The van der Waals surface area contributed by atoms with E-state index < -0.39 is 0 Å². The molecule has 0 aliphatic heterocycles. The standard InChI is InChI=1S/C14H10ClN/c1-10-6-11(9-16)8-12(7-10)13-4-2-3-5-14(13)15/h2-8H,1H3. The predicted octanol–water partition coefficient (Wildman–Crippen LogP) is 4.19. The van der Waals surface area contributed by atoms with E-state index in [0.29, 0.717) is 10.6 Å². The Labute approximate surface area is 99.9 Å². The molecule has 1 nitrogen and oxygen atoms in total. The maximum atomic E-state index is 8.92. The quantitative estimate of drug-likeness (QED) is 0.717. The minimum Gasteiger partial charge on any atom is -0.192 e. The van der Waals surface area contributed by atoms with Gasteiger partial charge in [-0.05, 0) is 36.2 Å². The van der Waals surface area contributed by atoms with Gasteiger partial charge in [0.1, 0.15) is 0 Å². The molecule has 0 bridgehead atoms. The summed E-state index contributed by atoms with van der Waals surface area (Å²) in [6.45, 7) is 1.97. The van der Waals surface area contributed by atoms with Crippen molar-refractivity contribution in [2.24, 2.45) is 0 Å². The third-order valence-corrected chi connectivity index (χ3v) is 2.72. The second-order valence-corrected chi connectivity index (χ2v) is 4.09. The molecule has 0 saturated carbocycles. The van der Waals surface area contributed by atoms with E-state index in [0.717, 1.165) is 16.7 Å². The zero-order valence-corrected chi connectivity index (χ0v) is 9.62. The molecule has 0 unspecified atom stereocenters. The van der Waals surface area contributed by atoms with Crippen LogP contribution in [0.2, 0.25) is 5.02 Å². The molecular weight excluding hydrogens is 218 g/mol. The van der Waals surface area contributed by atoms with Crippen LogP contribution in [0.15, 0.2) is 42.5 Å². The van der Waals surface area contributed by atoms with E-state index in [9.17, 15) is 0 Å². The summed E-state index contributed by atoms with van der Waals surface area (Å²) in [5, 5.41) is 9.63. The van der Waals surface area contributed by atoms with Crippen LogP contribution >= 0.6 is 11.6 Å². The van der Waals surface area contributed by atoms with Crippen molar-refractivity contribution in [3.8, 4) is 17.2 Å². The summed E-state index contributed by atoms with van der Waals surface area (Å²) in [5.74, 6) is 0. The van der Waals surface area contributed by atoms with Gasteiger partial charge in [0.2, 0.25) is 0 Å². The minimum absolute atomic E-state index is 0.662. The van der Waals surface area contributed by atoms with E-state index in [2.05, 4.69) is 6.07 Å². The third kappa shape index (κ3) is 2.08. The molecule has 2 aromatic rings. The van der Waals surface area contributed by atoms with E-state index in [1.54, 1.807) is 0 Å². The highest BCUT2D eigenvalue weighted by Gasteiger charge is 2.04. The molecule has 0 N–H and O–H groups in total. The zero-order chi connectivity index (χ0) is 11.5. The summed E-state index contributed by atoms with van der Waals surface area (Å²) in [7, 11) is 0. The van der Waals surface area contributed by atoms with Gasteiger partial charge in [0, 0.05) is 10.6 Å². The lowest BCUT2D eigenvalue weighted by Crippen LogP contribution is -1.84. The molecule has 0 aromatic heterocycles. The number of nitrogens with zero attached hydrogens (tertiary/aromatic N) is 1. The Morgan fingerprint density at radius 2 is 1.88 bits per heavy atom. The predicted molar refractivity (Wildman–Crippen MR) is 66.3 cm³/mol. The van der Waals surface area contributed by atoms with Gasteiger partial charge in [-0.1, -0.05) is 35.9 Å². The summed E-state index contributed by atoms with van der Waals surface area (Å²) < 4.78 is 0. The number of halogens is 1. The van der Waals surface area contributed by atoms with Crippen LogP contribution in [0.25, 0.3) is 11.1 Å². The summed E-state index contributed by atoms with van der Waals surface area (Å²) in [5.41, 5.74) is 3.68. The van der Waals surface area contributed by atoms with Crippen LogP contribution in [0.4, 0.5) is 0 Å². The monoisotopic (exact) mass is 227 g/mol. The van der Waals surface area contributed by atoms with Crippen molar-refractivity contribution in [3.05, 3.63) is 58.6 Å². The summed E-state index contributed by atoms with van der Waals surface area (Å²) in [6, 6.07) is 15.5. The van der Waals surface area contributed by atoms with Gasteiger partial charge in [0.15, 0.2) is 0 Å². The summed E-state index contributed by atoms with van der Waals surface area (Å²) >= 11 is 6.12. The van der Waals surface area contributed by atoms with Gasteiger partial charge < -0.3 is 0 Å². The van der Waals surface area contributed by atoms with E-state index in [-0.39, 0.29) is 0 Å². The number of nitriles is 1. The Hall–Kier alpha value is -1.78. The van der Waals surface area contributed by atoms with Crippen LogP contribution in [-0.2, 0) is 0 Å². The maximum Gasteiger partial charge on any atom is 0.0991 e. The highest BCUT2D eigenvalue weighted by atomic mass is 35.5. The molecule has 0 aliphatic carbocycles. The Balaban J connectivity index is 2.61. The Kier molecular flexibility index (Phi) is 2.94. The molecule has 0 aliphatic rings. The van der Waals surface area contributed by atoms with Crippen LogP contribution in [-0.4, -0.2) is 0 Å². The van der Waals surface area contributed by atoms with Crippen LogP contribution in [0.1, 0.15) is 11.1 Å². The first-order valence-electron chi connectivity index (χ1n) is 4.97. The first-order chi connectivity index (χ1) is 7.70. The van der Waals surface area contributed by atoms with E-state index in [4.69, 9.17) is 16.9 Å². The third-order valence-electron chi connectivity index (χ3n) is 2.39. The van der Waals surface area contributed by atoms with E-state index in [1.807, 2.05) is 49.4 Å². The molecule has 0 radical (unpaired) electrons. The lowest BCUT2D eigenvalue weighted by molar-refractivity contribution is 1.42. The normalized spacial score (nSPS) is 9.81. The first kappa shape index (κ1) is 10.7. The van der Waals surface area contributed by atoms with Crippen molar-refractivity contribution in [1.29, 1.82) is 5.26 Å². The second-order valence-electron chi connectivity index (χ2n) is 3.68. The second kappa shape index (κ2) is 4.38. The fourth-order valence-electron chi connectivity index (χ4n) is 1.70. The smallest absolute Gasteiger partial charge is 0.0991 e. The fourth-order valence-corrected chi connectivity index (χ4v) is 1.94. The maximum absolute atomic E-state index is 8.92. The number of hydrogen-bond acceptors (Lipinski definition) is 1. The highest BCUT2D eigenvalue weighted by molar-refractivity contribution is 6.33. The molecule has 0 fully saturated rings. The van der Waals surface area contributed by atoms with Gasteiger partial charge in [0.25, 0.3) is 0 Å². The lowest BCUT2D eigenvalue weighted by Gasteiger charge is -2.06. The Morgan fingerprint density at radius 3 is 2.56 bits per heavy atom. The zero-order valence-electron chi connectivity index (χ0n) is 8.87. The van der Waals surface area contributed by atoms with Crippen molar-refractivity contribution in [2.75, 3.05) is 0 Å². The van der Waals surface area contributed by atoms with Crippen molar-refractivity contribution >= 4 is 11.6 Å². The van der Waals surface area contributed by atoms with Crippen LogP contribution in [0.3, 0.4) is 0 Å². The number of aryl methyl sites for hydroxylation is 1. The van der Waals surface area contributed by atoms with Crippen molar-refractivity contribution < 1.29 is 0 Å². The SMILES string of the molecule is Cc1cc(C#N)cc(-c2ccccc2Cl)c1. The molecule has 0 amide bonds. The van der Waals surface area contributed by atoms with Crippen molar-refractivity contribution in [1.82, 2.24) is 0 Å². The number of rotatable bonds is 1. The molecule has 2 heteroatoms. The molecule has 0 heterocycles. The molecule has 2 aromatic carbocycles. The number of hydrogen-bond donors (Lipinski definition) is 0. The molecule has 2 rings (SSSR count). The molecule has 78 valence electrons. The van der Waals surface area contributed by atoms with E-state index >= 15 is 0 Å². The average Bonchev–Trinajstić information content (AvgIpc) is 2.28. The van der Waals surface area contributed by atoms with Gasteiger partial charge >= 0.3 is 0 Å². The summed E-state index contributed by atoms with van der Waals surface area (Å²) in [6.07, 6.45) is 0. The van der Waals surface area contributed by atoms with Crippen molar-refractivity contribution in [2.45, 2.75) is 6.92 Å². The fraction of sp³-hybridized carbons (Fsp3) is 0.0714. The summed E-state index contributed by atoms with van der Waals surface area (Å²) in [4.78, 5) is 0.